The van der Waals surface area contributed by atoms with Crippen molar-refractivity contribution >= 4 is 17.7 Å². The fourth-order valence-corrected chi connectivity index (χ4v) is 3.35. The lowest BCUT2D eigenvalue weighted by Crippen LogP contribution is -2.34. The lowest BCUT2D eigenvalue weighted by atomic mass is 10.1. The van der Waals surface area contributed by atoms with Crippen molar-refractivity contribution in [3.05, 3.63) is 46.3 Å². The molecule has 8 heteroatoms. The third kappa shape index (κ3) is 5.00. The summed E-state index contributed by atoms with van der Waals surface area (Å²) in [5.41, 5.74) is 2.64. The standard InChI is InChI=1S/C22H28N2O6/c1-7-24(11-16-8-9-17(28-5)18(10-16)29-6)19(26)12-30-22(27)21-13(2)20(15(4)25)14(3)23-21/h8-10,23H,7,11-12H2,1-6H3. The van der Waals surface area contributed by atoms with Crippen LogP contribution in [-0.2, 0) is 16.1 Å². The number of methoxy groups -OCH3 is 2. The molecule has 0 aliphatic carbocycles. The Morgan fingerprint density at radius 3 is 2.27 bits per heavy atom. The Morgan fingerprint density at radius 1 is 1.07 bits per heavy atom. The fraction of sp³-hybridized carbons (Fsp3) is 0.409. The normalized spacial score (nSPS) is 10.5. The van der Waals surface area contributed by atoms with Gasteiger partial charge < -0.3 is 24.1 Å². The minimum Gasteiger partial charge on any atom is -0.493 e. The van der Waals surface area contributed by atoms with Crippen LogP contribution in [0.3, 0.4) is 0 Å². The third-order valence-corrected chi connectivity index (χ3v) is 4.88. The Morgan fingerprint density at radius 2 is 1.73 bits per heavy atom. The summed E-state index contributed by atoms with van der Waals surface area (Å²) < 4.78 is 15.7. The van der Waals surface area contributed by atoms with Gasteiger partial charge in [-0.05, 0) is 51.0 Å². The molecule has 0 saturated carbocycles. The third-order valence-electron chi connectivity index (χ3n) is 4.88. The molecule has 2 aromatic rings. The number of hydrogen-bond acceptors (Lipinski definition) is 6. The topological polar surface area (TPSA) is 97.9 Å². The number of carbonyl (C=O) groups is 3. The Bertz CT molecular complexity index is 947. The van der Waals surface area contributed by atoms with E-state index in [4.69, 9.17) is 14.2 Å². The van der Waals surface area contributed by atoms with E-state index in [1.807, 2.05) is 13.0 Å². The number of aromatic nitrogens is 1. The molecule has 8 nitrogen and oxygen atoms in total. The number of ketones is 1. The number of esters is 1. The molecule has 0 aliphatic heterocycles. The number of Topliss-reactive ketones (excluding diaryl/α,β-unsaturated/α-hetero) is 1. The minimum absolute atomic E-state index is 0.136. The zero-order chi connectivity index (χ0) is 22.4. The van der Waals surface area contributed by atoms with Crippen LogP contribution in [0.2, 0.25) is 0 Å². The molecular weight excluding hydrogens is 388 g/mol. The number of hydrogen-bond donors (Lipinski definition) is 1. The number of H-pyrrole nitrogens is 1. The summed E-state index contributed by atoms with van der Waals surface area (Å²) in [5.74, 6) is 0.0466. The van der Waals surface area contributed by atoms with E-state index in [1.165, 1.54) is 6.92 Å². The highest BCUT2D eigenvalue weighted by molar-refractivity contribution is 6.01. The van der Waals surface area contributed by atoms with Crippen molar-refractivity contribution in [2.24, 2.45) is 0 Å². The van der Waals surface area contributed by atoms with E-state index in [9.17, 15) is 14.4 Å². The monoisotopic (exact) mass is 416 g/mol. The molecule has 0 bridgehead atoms. The molecule has 0 saturated heterocycles. The predicted octanol–water partition coefficient (Wildman–Crippen LogP) is 3.06. The summed E-state index contributed by atoms with van der Waals surface area (Å²) in [6.45, 7) is 7.06. The van der Waals surface area contributed by atoms with E-state index < -0.39 is 12.6 Å². The average molecular weight is 416 g/mol. The minimum atomic E-state index is -0.668. The van der Waals surface area contributed by atoms with Crippen molar-refractivity contribution < 1.29 is 28.6 Å². The summed E-state index contributed by atoms with van der Waals surface area (Å²) in [6.07, 6.45) is 0. The van der Waals surface area contributed by atoms with Gasteiger partial charge in [-0.15, -0.1) is 0 Å². The molecule has 1 heterocycles. The molecule has 0 spiro atoms. The van der Waals surface area contributed by atoms with Crippen LogP contribution in [-0.4, -0.2) is 54.9 Å². The summed E-state index contributed by atoms with van der Waals surface area (Å²) in [6, 6.07) is 5.42. The SMILES string of the molecule is CCN(Cc1ccc(OC)c(OC)c1)C(=O)COC(=O)c1[nH]c(C)c(C(C)=O)c1C. The Kier molecular flexibility index (Phi) is 7.63. The number of aryl methyl sites for hydroxylation is 1. The van der Waals surface area contributed by atoms with Crippen LogP contribution in [0.4, 0.5) is 0 Å². The lowest BCUT2D eigenvalue weighted by Gasteiger charge is -2.21. The van der Waals surface area contributed by atoms with E-state index >= 15 is 0 Å². The van der Waals surface area contributed by atoms with Gasteiger partial charge in [0.1, 0.15) is 5.69 Å². The second-order valence-corrected chi connectivity index (χ2v) is 6.85. The number of amides is 1. The number of benzene rings is 1. The number of carbonyl (C=O) groups excluding carboxylic acids is 3. The molecule has 0 aliphatic rings. The van der Waals surface area contributed by atoms with E-state index in [0.29, 0.717) is 41.4 Å². The Hall–Kier alpha value is -3.29. The average Bonchev–Trinajstić information content (AvgIpc) is 3.03. The van der Waals surface area contributed by atoms with Crippen LogP contribution in [0.25, 0.3) is 0 Å². The first kappa shape index (κ1) is 23.0. The summed E-state index contributed by atoms with van der Waals surface area (Å²) in [7, 11) is 3.10. The number of nitrogens with zero attached hydrogens (tertiary/aromatic N) is 1. The number of ether oxygens (including phenoxy) is 3. The van der Waals surface area contributed by atoms with Crippen LogP contribution in [0.1, 0.15) is 51.5 Å². The molecule has 162 valence electrons. The first-order valence-corrected chi connectivity index (χ1v) is 9.59. The highest BCUT2D eigenvalue weighted by atomic mass is 16.5. The largest absolute Gasteiger partial charge is 0.493 e. The molecule has 30 heavy (non-hydrogen) atoms. The molecule has 1 aromatic heterocycles. The molecule has 2 rings (SSSR count). The van der Waals surface area contributed by atoms with E-state index in [-0.39, 0.29) is 17.4 Å². The van der Waals surface area contributed by atoms with Crippen LogP contribution in [0, 0.1) is 13.8 Å². The van der Waals surface area contributed by atoms with Crippen LogP contribution < -0.4 is 9.47 Å². The number of nitrogens with one attached hydrogen (secondary N) is 1. The van der Waals surface area contributed by atoms with Gasteiger partial charge in [0.05, 0.1) is 14.2 Å². The maximum Gasteiger partial charge on any atom is 0.355 e. The van der Waals surface area contributed by atoms with Gasteiger partial charge in [-0.1, -0.05) is 6.07 Å². The van der Waals surface area contributed by atoms with Gasteiger partial charge in [-0.3, -0.25) is 9.59 Å². The fourth-order valence-electron chi connectivity index (χ4n) is 3.35. The molecule has 0 radical (unpaired) electrons. The molecule has 0 fully saturated rings. The highest BCUT2D eigenvalue weighted by Crippen LogP contribution is 2.28. The van der Waals surface area contributed by atoms with Crippen molar-refractivity contribution in [1.82, 2.24) is 9.88 Å². The van der Waals surface area contributed by atoms with Gasteiger partial charge in [0.2, 0.25) is 0 Å². The quantitative estimate of drug-likeness (QED) is 0.498. The molecule has 1 amide bonds. The van der Waals surface area contributed by atoms with Gasteiger partial charge >= 0.3 is 5.97 Å². The summed E-state index contributed by atoms with van der Waals surface area (Å²) in [5, 5.41) is 0. The number of aromatic amines is 1. The zero-order valence-corrected chi connectivity index (χ0v) is 18.3. The second-order valence-electron chi connectivity index (χ2n) is 6.85. The molecule has 1 aromatic carbocycles. The van der Waals surface area contributed by atoms with E-state index in [0.717, 1.165) is 5.56 Å². The zero-order valence-electron chi connectivity index (χ0n) is 18.3. The van der Waals surface area contributed by atoms with Crippen molar-refractivity contribution in [1.29, 1.82) is 0 Å². The van der Waals surface area contributed by atoms with Crippen molar-refractivity contribution in [2.45, 2.75) is 34.2 Å². The summed E-state index contributed by atoms with van der Waals surface area (Å²) in [4.78, 5) is 41.2. The molecule has 0 unspecified atom stereocenters. The molecular formula is C22H28N2O6. The van der Waals surface area contributed by atoms with Gasteiger partial charge in [-0.2, -0.15) is 0 Å². The van der Waals surface area contributed by atoms with Gasteiger partial charge in [0.15, 0.2) is 23.9 Å². The summed E-state index contributed by atoms with van der Waals surface area (Å²) >= 11 is 0. The van der Waals surface area contributed by atoms with E-state index in [1.54, 1.807) is 45.1 Å². The van der Waals surface area contributed by atoms with Gasteiger partial charge in [-0.25, -0.2) is 4.79 Å². The lowest BCUT2D eigenvalue weighted by molar-refractivity contribution is -0.135. The van der Waals surface area contributed by atoms with Gasteiger partial charge in [0, 0.05) is 24.3 Å². The van der Waals surface area contributed by atoms with Crippen LogP contribution >= 0.6 is 0 Å². The van der Waals surface area contributed by atoms with Gasteiger partial charge in [0.25, 0.3) is 5.91 Å². The molecule has 0 atom stereocenters. The number of likely N-dealkylation sites (N-methyl/N-ethyl adjacent to an activating group) is 1. The predicted molar refractivity (Wildman–Crippen MR) is 111 cm³/mol. The Balaban J connectivity index is 2.05. The maximum absolute atomic E-state index is 12.6. The second kappa shape index (κ2) is 9.96. The highest BCUT2D eigenvalue weighted by Gasteiger charge is 2.22. The Labute approximate surface area is 176 Å². The van der Waals surface area contributed by atoms with Crippen LogP contribution in [0.5, 0.6) is 11.5 Å². The molecule has 1 N–H and O–H groups in total. The van der Waals surface area contributed by atoms with Crippen molar-refractivity contribution in [3.8, 4) is 11.5 Å². The number of rotatable bonds is 9. The van der Waals surface area contributed by atoms with Crippen molar-refractivity contribution in [3.63, 3.8) is 0 Å². The van der Waals surface area contributed by atoms with E-state index in [2.05, 4.69) is 4.98 Å². The maximum atomic E-state index is 12.6. The smallest absolute Gasteiger partial charge is 0.355 e. The first-order valence-electron chi connectivity index (χ1n) is 9.59. The van der Waals surface area contributed by atoms with Crippen molar-refractivity contribution in [2.75, 3.05) is 27.4 Å². The van der Waals surface area contributed by atoms with Crippen LogP contribution in [0.15, 0.2) is 18.2 Å². The first-order chi connectivity index (χ1) is 14.2.